The van der Waals surface area contributed by atoms with E-state index in [1.807, 2.05) is 24.3 Å². The molecule has 0 radical (unpaired) electrons. The molecule has 1 aromatic carbocycles. The van der Waals surface area contributed by atoms with Crippen LogP contribution in [0.25, 0.3) is 0 Å². The highest BCUT2D eigenvalue weighted by molar-refractivity contribution is 5.77. The van der Waals surface area contributed by atoms with Crippen molar-refractivity contribution in [3.8, 4) is 5.75 Å². The average molecular weight is 398 g/mol. The third kappa shape index (κ3) is 4.17. The molecular weight excluding hydrogens is 366 g/mol. The molecule has 6 nitrogen and oxygen atoms in total. The second-order valence-corrected chi connectivity index (χ2v) is 7.88. The summed E-state index contributed by atoms with van der Waals surface area (Å²) in [5.41, 5.74) is 4.75. The number of aromatic nitrogens is 2. The number of piperidine rings is 1. The molecule has 1 unspecified atom stereocenters. The van der Waals surface area contributed by atoms with Gasteiger partial charge in [0.05, 0.1) is 32.1 Å². The number of hydrogen-bond acceptors (Lipinski definition) is 4. The number of rotatable bonds is 6. The minimum Gasteiger partial charge on any atom is -0.497 e. The van der Waals surface area contributed by atoms with Crippen molar-refractivity contribution in [2.45, 2.75) is 64.6 Å². The smallest absolute Gasteiger partial charge is 0.223 e. The molecule has 1 saturated heterocycles. The van der Waals surface area contributed by atoms with Crippen LogP contribution in [0.2, 0.25) is 0 Å². The average Bonchev–Trinajstić information content (AvgIpc) is 3.16. The van der Waals surface area contributed by atoms with Gasteiger partial charge in [-0.25, -0.2) is 0 Å². The normalized spacial score (nSPS) is 19.1. The van der Waals surface area contributed by atoms with E-state index < -0.39 is 0 Å². The summed E-state index contributed by atoms with van der Waals surface area (Å²) in [7, 11) is 1.67. The summed E-state index contributed by atoms with van der Waals surface area (Å²) >= 11 is 0. The van der Waals surface area contributed by atoms with E-state index in [2.05, 4.69) is 16.5 Å². The van der Waals surface area contributed by atoms with Crippen LogP contribution in [0, 0.1) is 0 Å². The van der Waals surface area contributed by atoms with E-state index in [1.165, 1.54) is 11.3 Å². The molecule has 1 fully saturated rings. The molecule has 0 N–H and O–H groups in total. The van der Waals surface area contributed by atoms with Gasteiger partial charge >= 0.3 is 0 Å². The minimum absolute atomic E-state index is 0.0790. The SMILES string of the molecule is CCn1nc(C2CCCCN2C(=O)CCc2ccc(OC)cc2)c2c1CCOC2. The van der Waals surface area contributed by atoms with Crippen molar-refractivity contribution >= 4 is 5.91 Å². The summed E-state index contributed by atoms with van der Waals surface area (Å²) in [6.45, 7) is 5.19. The lowest BCUT2D eigenvalue weighted by atomic mass is 9.94. The highest BCUT2D eigenvalue weighted by atomic mass is 16.5. The van der Waals surface area contributed by atoms with Crippen molar-refractivity contribution in [2.75, 3.05) is 20.3 Å². The van der Waals surface area contributed by atoms with Crippen molar-refractivity contribution in [3.05, 3.63) is 46.8 Å². The molecule has 29 heavy (non-hydrogen) atoms. The monoisotopic (exact) mass is 397 g/mol. The summed E-state index contributed by atoms with van der Waals surface area (Å²) in [6, 6.07) is 8.06. The van der Waals surface area contributed by atoms with E-state index in [9.17, 15) is 4.79 Å². The zero-order valence-corrected chi connectivity index (χ0v) is 17.5. The van der Waals surface area contributed by atoms with Crippen LogP contribution in [0.15, 0.2) is 24.3 Å². The third-order valence-corrected chi connectivity index (χ3v) is 6.15. The number of nitrogens with zero attached hydrogens (tertiary/aromatic N) is 3. The maximum absolute atomic E-state index is 13.2. The van der Waals surface area contributed by atoms with E-state index in [-0.39, 0.29) is 11.9 Å². The molecule has 0 bridgehead atoms. The van der Waals surface area contributed by atoms with Crippen LogP contribution in [-0.4, -0.2) is 40.8 Å². The molecule has 4 rings (SSSR count). The predicted molar refractivity (Wildman–Crippen MR) is 111 cm³/mol. The lowest BCUT2D eigenvalue weighted by molar-refractivity contribution is -0.135. The highest BCUT2D eigenvalue weighted by Gasteiger charge is 2.33. The topological polar surface area (TPSA) is 56.6 Å². The maximum atomic E-state index is 13.2. The van der Waals surface area contributed by atoms with Crippen LogP contribution in [-0.2, 0) is 35.5 Å². The van der Waals surface area contributed by atoms with Gasteiger partial charge in [0.2, 0.25) is 5.91 Å². The first-order valence-corrected chi connectivity index (χ1v) is 10.8. The molecule has 1 amide bonds. The van der Waals surface area contributed by atoms with Crippen LogP contribution < -0.4 is 4.74 Å². The largest absolute Gasteiger partial charge is 0.497 e. The Hall–Kier alpha value is -2.34. The number of methoxy groups -OCH3 is 1. The van der Waals surface area contributed by atoms with Crippen molar-refractivity contribution in [1.82, 2.24) is 14.7 Å². The lowest BCUT2D eigenvalue weighted by Crippen LogP contribution is -2.39. The van der Waals surface area contributed by atoms with Gasteiger partial charge < -0.3 is 14.4 Å². The van der Waals surface area contributed by atoms with Gasteiger partial charge in [-0.2, -0.15) is 5.10 Å². The second kappa shape index (κ2) is 8.99. The predicted octanol–water partition coefficient (Wildman–Crippen LogP) is 3.67. The number of benzene rings is 1. The number of carbonyl (C=O) groups excluding carboxylic acids is 1. The van der Waals surface area contributed by atoms with E-state index in [1.54, 1.807) is 7.11 Å². The molecule has 0 saturated carbocycles. The summed E-state index contributed by atoms with van der Waals surface area (Å²) in [6.07, 6.45) is 5.38. The summed E-state index contributed by atoms with van der Waals surface area (Å²) in [4.78, 5) is 15.2. The Morgan fingerprint density at radius 2 is 2.10 bits per heavy atom. The van der Waals surface area contributed by atoms with Gasteiger partial charge in [-0.05, 0) is 50.3 Å². The molecule has 2 aliphatic rings. The van der Waals surface area contributed by atoms with Crippen molar-refractivity contribution in [3.63, 3.8) is 0 Å². The quantitative estimate of drug-likeness (QED) is 0.746. The van der Waals surface area contributed by atoms with Crippen LogP contribution in [0.5, 0.6) is 5.75 Å². The van der Waals surface area contributed by atoms with Gasteiger partial charge in [0.1, 0.15) is 5.75 Å². The number of amides is 1. The standard InChI is InChI=1S/C23H31N3O3/c1-3-26-20-13-15-29-16-19(20)23(24-26)21-6-4-5-14-25(21)22(27)12-9-17-7-10-18(28-2)11-8-17/h7-8,10-11,21H,3-6,9,12-16H2,1-2H3. The first-order chi connectivity index (χ1) is 14.2. The number of likely N-dealkylation sites (tertiary alicyclic amines) is 1. The fourth-order valence-corrected chi connectivity index (χ4v) is 4.57. The Labute approximate surface area is 172 Å². The molecule has 2 aliphatic heterocycles. The minimum atomic E-state index is 0.0790. The van der Waals surface area contributed by atoms with E-state index in [4.69, 9.17) is 14.6 Å². The van der Waals surface area contributed by atoms with Gasteiger partial charge in [0.25, 0.3) is 0 Å². The zero-order chi connectivity index (χ0) is 20.2. The summed E-state index contributed by atoms with van der Waals surface area (Å²) < 4.78 is 13.1. The number of fused-ring (bicyclic) bond motifs is 1. The number of hydrogen-bond donors (Lipinski definition) is 0. The van der Waals surface area contributed by atoms with E-state index in [0.717, 1.165) is 68.8 Å². The fourth-order valence-electron chi connectivity index (χ4n) is 4.57. The molecule has 0 aliphatic carbocycles. The molecule has 1 atom stereocenters. The van der Waals surface area contributed by atoms with Gasteiger partial charge in [0.15, 0.2) is 0 Å². The molecule has 2 aromatic rings. The van der Waals surface area contributed by atoms with Gasteiger partial charge in [-0.15, -0.1) is 0 Å². The number of carbonyl (C=O) groups is 1. The molecular formula is C23H31N3O3. The Balaban J connectivity index is 1.50. The Morgan fingerprint density at radius 1 is 1.28 bits per heavy atom. The molecule has 156 valence electrons. The first kappa shape index (κ1) is 20.0. The van der Waals surface area contributed by atoms with Gasteiger partial charge in [0, 0.05) is 37.2 Å². The van der Waals surface area contributed by atoms with Crippen molar-refractivity contribution in [1.29, 1.82) is 0 Å². The first-order valence-electron chi connectivity index (χ1n) is 10.8. The van der Waals surface area contributed by atoms with Crippen LogP contribution >= 0.6 is 0 Å². The van der Waals surface area contributed by atoms with Gasteiger partial charge in [-0.1, -0.05) is 12.1 Å². The molecule has 6 heteroatoms. The Kier molecular flexibility index (Phi) is 6.19. The number of ether oxygens (including phenoxy) is 2. The molecule has 1 aromatic heterocycles. The van der Waals surface area contributed by atoms with Gasteiger partial charge in [-0.3, -0.25) is 9.48 Å². The summed E-state index contributed by atoms with van der Waals surface area (Å²) in [5.74, 6) is 1.07. The Bertz CT molecular complexity index is 844. The Morgan fingerprint density at radius 3 is 2.86 bits per heavy atom. The number of aryl methyl sites for hydroxylation is 2. The highest BCUT2D eigenvalue weighted by Crippen LogP contribution is 2.35. The van der Waals surface area contributed by atoms with Crippen LogP contribution in [0.3, 0.4) is 0 Å². The summed E-state index contributed by atoms with van der Waals surface area (Å²) in [5, 5.41) is 4.93. The van der Waals surface area contributed by atoms with Crippen molar-refractivity contribution < 1.29 is 14.3 Å². The van der Waals surface area contributed by atoms with Crippen molar-refractivity contribution in [2.24, 2.45) is 0 Å². The van der Waals surface area contributed by atoms with Crippen LogP contribution in [0.1, 0.15) is 61.2 Å². The molecule has 3 heterocycles. The van der Waals surface area contributed by atoms with Crippen LogP contribution in [0.4, 0.5) is 0 Å². The zero-order valence-electron chi connectivity index (χ0n) is 17.5. The third-order valence-electron chi connectivity index (χ3n) is 6.15. The maximum Gasteiger partial charge on any atom is 0.223 e. The second-order valence-electron chi connectivity index (χ2n) is 7.88. The fraction of sp³-hybridized carbons (Fsp3) is 0.565. The lowest BCUT2D eigenvalue weighted by Gasteiger charge is -2.35. The molecule has 0 spiro atoms. The van der Waals surface area contributed by atoms with E-state index >= 15 is 0 Å². The van der Waals surface area contributed by atoms with E-state index in [0.29, 0.717) is 13.0 Å².